The van der Waals surface area contributed by atoms with E-state index in [4.69, 9.17) is 0 Å². The maximum absolute atomic E-state index is 12.1. The minimum absolute atomic E-state index is 0.0597. The average molecular weight is 495 g/mol. The lowest BCUT2D eigenvalue weighted by molar-refractivity contribution is -0.430. The van der Waals surface area contributed by atoms with Crippen molar-refractivity contribution in [1.82, 2.24) is 0 Å². The molecular weight excluding hydrogens is 482 g/mol. The van der Waals surface area contributed by atoms with E-state index >= 15 is 0 Å². The Morgan fingerprint density at radius 2 is 1.41 bits per heavy atom. The second kappa shape index (κ2) is 8.57. The standard InChI is InChI=1S/C13H5N3O7.C13H8O/c17-13-9-4-6-3-7(14(18)19)1-2-8(6)12(9)10(15(20)21)5-11(13)16(22)23;14-13-7-3-6-11-10-5-2-1-4-9(10)8-12(11)13/h1-5H;1-8H. The van der Waals surface area contributed by atoms with Gasteiger partial charge in [-0.2, -0.15) is 0 Å². The fraction of sp³-hybridized carbons (Fsp3) is 0. The molecule has 0 saturated carbocycles. The van der Waals surface area contributed by atoms with Crippen LogP contribution >= 0.6 is 0 Å². The quantitative estimate of drug-likeness (QED) is 0.448. The number of Topliss-reactive ketones (excluding diaryl/α,β-unsaturated/α-hetero) is 1. The molecule has 0 amide bonds. The van der Waals surface area contributed by atoms with Gasteiger partial charge in [0.1, 0.15) is 0 Å². The van der Waals surface area contributed by atoms with Crippen LogP contribution in [0.1, 0.15) is 22.3 Å². The van der Waals surface area contributed by atoms with Crippen LogP contribution in [0.3, 0.4) is 0 Å². The van der Waals surface area contributed by atoms with Crippen LogP contribution < -0.4 is 0 Å². The van der Waals surface area contributed by atoms with E-state index in [1.54, 1.807) is 6.08 Å². The van der Waals surface area contributed by atoms with Crippen LogP contribution in [0.15, 0.2) is 89.3 Å². The number of hydrogen-bond donors (Lipinski definition) is 0. The third-order valence-electron chi connectivity index (χ3n) is 6.10. The number of nitro benzene ring substituents is 1. The second-order valence-corrected chi connectivity index (χ2v) is 8.17. The van der Waals surface area contributed by atoms with Gasteiger partial charge in [0, 0.05) is 23.3 Å². The highest BCUT2D eigenvalue weighted by Gasteiger charge is 2.42. The van der Waals surface area contributed by atoms with E-state index in [1.165, 1.54) is 17.7 Å². The molecule has 180 valence electrons. The predicted molar refractivity (Wildman–Crippen MR) is 132 cm³/mol. The van der Waals surface area contributed by atoms with Gasteiger partial charge in [-0.3, -0.25) is 39.9 Å². The van der Waals surface area contributed by atoms with E-state index in [0.29, 0.717) is 6.08 Å². The molecule has 2 aromatic carbocycles. The summed E-state index contributed by atoms with van der Waals surface area (Å²) in [4.78, 5) is 54.1. The van der Waals surface area contributed by atoms with Crippen molar-refractivity contribution >= 4 is 40.6 Å². The summed E-state index contributed by atoms with van der Waals surface area (Å²) >= 11 is 0. The molecule has 11 nitrogen and oxygen atoms in total. The largest absolute Gasteiger partial charge is 0.323 e. The molecule has 0 aliphatic heterocycles. The summed E-state index contributed by atoms with van der Waals surface area (Å²) in [6, 6.07) is 11.7. The Morgan fingerprint density at radius 1 is 0.676 bits per heavy atom. The molecule has 4 aliphatic carbocycles. The maximum atomic E-state index is 12.1. The number of nitrogens with zero attached hydrogens (tertiary/aromatic N) is 3. The monoisotopic (exact) mass is 495 g/mol. The van der Waals surface area contributed by atoms with Gasteiger partial charge in [-0.25, -0.2) is 0 Å². The lowest BCUT2D eigenvalue weighted by atomic mass is 9.92. The first kappa shape index (κ1) is 23.2. The lowest BCUT2D eigenvalue weighted by Gasteiger charge is -2.10. The number of rotatable bonds is 3. The lowest BCUT2D eigenvalue weighted by Crippen LogP contribution is -2.20. The van der Waals surface area contributed by atoms with Gasteiger partial charge in [0.05, 0.1) is 26.4 Å². The molecule has 4 aliphatic rings. The molecule has 0 radical (unpaired) electrons. The zero-order valence-electron chi connectivity index (χ0n) is 18.6. The van der Waals surface area contributed by atoms with E-state index < -0.39 is 31.9 Å². The van der Waals surface area contributed by atoms with Crippen molar-refractivity contribution in [2.75, 3.05) is 0 Å². The van der Waals surface area contributed by atoms with Crippen molar-refractivity contribution in [3.05, 3.63) is 142 Å². The second-order valence-electron chi connectivity index (χ2n) is 8.17. The summed E-state index contributed by atoms with van der Waals surface area (Å²) in [6.45, 7) is 0. The number of carbonyl (C=O) groups is 2. The molecule has 0 spiro atoms. The SMILES string of the molecule is O=C1C2=Cc3cc([N+](=O)[O-])ccc3C2=C([N+](=O)[O-])C=C1[N+](=O)[O-].O=C1C=CC=C2C1=Cc1ccccc12. The summed E-state index contributed by atoms with van der Waals surface area (Å²) in [5.41, 5.74) is 2.67. The number of carbonyl (C=O) groups excluding carboxylic acids is 2. The number of non-ortho nitro benzene ring substituents is 1. The van der Waals surface area contributed by atoms with E-state index in [0.717, 1.165) is 28.8 Å². The van der Waals surface area contributed by atoms with Gasteiger partial charge >= 0.3 is 5.70 Å². The Labute approximate surface area is 207 Å². The average Bonchev–Trinajstić information content (AvgIpc) is 3.44. The van der Waals surface area contributed by atoms with Crippen molar-refractivity contribution in [2.45, 2.75) is 0 Å². The minimum Gasteiger partial charge on any atom is -0.289 e. The Kier molecular flexibility index (Phi) is 5.37. The van der Waals surface area contributed by atoms with E-state index in [2.05, 4.69) is 6.07 Å². The van der Waals surface area contributed by atoms with Gasteiger partial charge in [-0.05, 0) is 52.1 Å². The van der Waals surface area contributed by atoms with Gasteiger partial charge < -0.3 is 0 Å². The van der Waals surface area contributed by atoms with Crippen molar-refractivity contribution in [2.24, 2.45) is 0 Å². The van der Waals surface area contributed by atoms with Crippen molar-refractivity contribution in [3.8, 4) is 0 Å². The Hall–Kier alpha value is -5.58. The minimum atomic E-state index is -0.991. The zero-order valence-corrected chi connectivity index (χ0v) is 18.6. The van der Waals surface area contributed by atoms with Gasteiger partial charge in [0.15, 0.2) is 5.78 Å². The highest BCUT2D eigenvalue weighted by molar-refractivity contribution is 6.25. The molecule has 6 rings (SSSR count). The number of hydrogen-bond acceptors (Lipinski definition) is 8. The summed E-state index contributed by atoms with van der Waals surface area (Å²) in [5.74, 6) is -0.854. The number of nitro groups is 3. The zero-order chi connectivity index (χ0) is 26.4. The first-order valence-corrected chi connectivity index (χ1v) is 10.7. The fourth-order valence-electron chi connectivity index (χ4n) is 4.47. The van der Waals surface area contributed by atoms with Crippen molar-refractivity contribution in [3.63, 3.8) is 0 Å². The molecule has 0 bridgehead atoms. The molecule has 0 atom stereocenters. The number of allylic oxidation sites excluding steroid dienone is 8. The van der Waals surface area contributed by atoms with Crippen LogP contribution in [0.25, 0.3) is 23.3 Å². The molecule has 0 fully saturated rings. The van der Waals surface area contributed by atoms with Crippen LogP contribution in [-0.2, 0) is 9.59 Å². The Balaban J connectivity index is 0.000000170. The van der Waals surface area contributed by atoms with Gasteiger partial charge in [-0.1, -0.05) is 36.4 Å². The molecule has 11 heteroatoms. The highest BCUT2D eigenvalue weighted by Crippen LogP contribution is 2.43. The summed E-state index contributed by atoms with van der Waals surface area (Å²) in [7, 11) is 0. The molecule has 0 aromatic heterocycles. The van der Waals surface area contributed by atoms with Crippen LogP contribution in [0.4, 0.5) is 5.69 Å². The smallest absolute Gasteiger partial charge is 0.289 e. The fourth-order valence-corrected chi connectivity index (χ4v) is 4.47. The first-order chi connectivity index (χ1) is 17.7. The van der Waals surface area contributed by atoms with E-state index in [9.17, 15) is 39.9 Å². The van der Waals surface area contributed by atoms with Crippen LogP contribution in [0, 0.1) is 30.3 Å². The molecule has 0 unspecified atom stereocenters. The van der Waals surface area contributed by atoms with Crippen molar-refractivity contribution < 1.29 is 24.4 Å². The predicted octanol–water partition coefficient (Wildman–Crippen LogP) is 4.33. The summed E-state index contributed by atoms with van der Waals surface area (Å²) < 4.78 is 0. The van der Waals surface area contributed by atoms with Gasteiger partial charge in [0.25, 0.3) is 17.2 Å². The highest BCUT2D eigenvalue weighted by atomic mass is 16.6. The summed E-state index contributed by atoms with van der Waals surface area (Å²) in [6.07, 6.45) is 9.20. The Bertz CT molecular complexity index is 1680. The molecule has 37 heavy (non-hydrogen) atoms. The topological polar surface area (TPSA) is 164 Å². The molecule has 0 saturated heterocycles. The van der Waals surface area contributed by atoms with E-state index in [-0.39, 0.29) is 33.7 Å². The number of ketones is 2. The molecule has 0 N–H and O–H groups in total. The third-order valence-corrected chi connectivity index (χ3v) is 6.10. The van der Waals surface area contributed by atoms with Crippen LogP contribution in [0.2, 0.25) is 0 Å². The van der Waals surface area contributed by atoms with Gasteiger partial charge in [0.2, 0.25) is 0 Å². The normalized spacial score (nSPS) is 16.2. The summed E-state index contributed by atoms with van der Waals surface area (Å²) in [5, 5.41) is 32.9. The first-order valence-electron chi connectivity index (χ1n) is 10.7. The molecule has 2 aromatic rings. The number of benzene rings is 2. The Morgan fingerprint density at radius 3 is 2.11 bits per heavy atom. The number of fused-ring (bicyclic) bond motifs is 6. The van der Waals surface area contributed by atoms with Crippen molar-refractivity contribution in [1.29, 1.82) is 0 Å². The van der Waals surface area contributed by atoms with E-state index in [1.807, 2.05) is 36.4 Å². The molecule has 0 heterocycles. The maximum Gasteiger partial charge on any atom is 0.323 e. The van der Waals surface area contributed by atoms with Crippen LogP contribution in [0.5, 0.6) is 0 Å². The molecular formula is C26H13N3O8. The van der Waals surface area contributed by atoms with Crippen LogP contribution in [-0.4, -0.2) is 26.3 Å². The van der Waals surface area contributed by atoms with Gasteiger partial charge in [-0.15, -0.1) is 0 Å². The third kappa shape index (κ3) is 3.80.